The van der Waals surface area contributed by atoms with E-state index in [-0.39, 0.29) is 12.9 Å². The Morgan fingerprint density at radius 1 is 1.37 bits per heavy atom. The van der Waals surface area contributed by atoms with Gasteiger partial charge in [0.15, 0.2) is 6.29 Å². The zero-order valence-electron chi connectivity index (χ0n) is 17.2. The molecule has 0 spiro atoms. The molecule has 3 atom stereocenters. The van der Waals surface area contributed by atoms with Gasteiger partial charge in [0.2, 0.25) is 0 Å². The number of aliphatic hydroxyl groups excluding tert-OH is 2. The van der Waals surface area contributed by atoms with E-state index >= 15 is 0 Å². The standard InChI is InChI=1S/C20H37NO6/c1-5-8-16(21-19(24)27-20(2,3)4)17(23)13-15(14-22)10-12-26-18-9-6-7-11-25-18/h13,16-18,22-23H,5-12,14H2,1-4H3,(H,21,24)/b15-13+/t16-,17-,18?/m0/s1. The summed E-state index contributed by atoms with van der Waals surface area (Å²) in [4.78, 5) is 12.0. The minimum atomic E-state index is -0.912. The predicted molar refractivity (Wildman–Crippen MR) is 103 cm³/mol. The third-order valence-corrected chi connectivity index (χ3v) is 4.19. The van der Waals surface area contributed by atoms with E-state index in [9.17, 15) is 15.0 Å². The molecule has 1 fully saturated rings. The Balaban J connectivity index is 2.54. The molecule has 1 unspecified atom stereocenters. The zero-order chi connectivity index (χ0) is 20.3. The molecule has 1 amide bonds. The molecule has 7 nitrogen and oxygen atoms in total. The maximum atomic E-state index is 12.0. The number of amides is 1. The summed E-state index contributed by atoms with van der Waals surface area (Å²) in [6, 6.07) is -0.478. The van der Waals surface area contributed by atoms with Crippen LogP contribution in [0.15, 0.2) is 11.6 Å². The van der Waals surface area contributed by atoms with Gasteiger partial charge in [0.05, 0.1) is 25.4 Å². The summed E-state index contributed by atoms with van der Waals surface area (Å²) < 4.78 is 16.5. The third kappa shape index (κ3) is 10.7. The predicted octanol–water partition coefficient (Wildman–Crippen LogP) is 2.89. The highest BCUT2D eigenvalue weighted by molar-refractivity contribution is 5.68. The molecule has 1 rings (SSSR count). The molecule has 0 radical (unpaired) electrons. The van der Waals surface area contributed by atoms with Crippen molar-refractivity contribution in [3.05, 3.63) is 11.6 Å². The molecule has 27 heavy (non-hydrogen) atoms. The summed E-state index contributed by atoms with van der Waals surface area (Å²) in [6.07, 6.45) is 4.90. The number of ether oxygens (including phenoxy) is 3. The first kappa shape index (κ1) is 23.9. The van der Waals surface area contributed by atoms with Crippen molar-refractivity contribution >= 4 is 6.09 Å². The van der Waals surface area contributed by atoms with Crippen molar-refractivity contribution in [1.29, 1.82) is 0 Å². The smallest absolute Gasteiger partial charge is 0.407 e. The van der Waals surface area contributed by atoms with E-state index < -0.39 is 23.8 Å². The lowest BCUT2D eigenvalue weighted by atomic mass is 10.0. The van der Waals surface area contributed by atoms with Crippen LogP contribution >= 0.6 is 0 Å². The minimum Gasteiger partial charge on any atom is -0.444 e. The van der Waals surface area contributed by atoms with Gasteiger partial charge in [-0.1, -0.05) is 19.4 Å². The Morgan fingerprint density at radius 3 is 2.67 bits per heavy atom. The summed E-state index contributed by atoms with van der Waals surface area (Å²) in [5.41, 5.74) is 0.0709. The van der Waals surface area contributed by atoms with Crippen LogP contribution < -0.4 is 5.32 Å². The van der Waals surface area contributed by atoms with Crippen LogP contribution in [0.3, 0.4) is 0 Å². The molecule has 1 saturated heterocycles. The highest BCUT2D eigenvalue weighted by Crippen LogP contribution is 2.16. The molecule has 1 aliphatic heterocycles. The van der Waals surface area contributed by atoms with Crippen LogP contribution in [-0.2, 0) is 14.2 Å². The van der Waals surface area contributed by atoms with Crippen LogP contribution in [0.5, 0.6) is 0 Å². The fourth-order valence-corrected chi connectivity index (χ4v) is 2.84. The molecule has 0 bridgehead atoms. The second kappa shape index (κ2) is 12.3. The van der Waals surface area contributed by atoms with Gasteiger partial charge in [0, 0.05) is 6.61 Å². The van der Waals surface area contributed by atoms with Gasteiger partial charge in [-0.3, -0.25) is 0 Å². The van der Waals surface area contributed by atoms with Crippen LogP contribution in [-0.4, -0.2) is 60.2 Å². The van der Waals surface area contributed by atoms with Crippen LogP contribution in [0.2, 0.25) is 0 Å². The number of hydrogen-bond donors (Lipinski definition) is 3. The van der Waals surface area contributed by atoms with E-state index in [1.165, 1.54) is 0 Å². The van der Waals surface area contributed by atoms with E-state index in [1.54, 1.807) is 26.8 Å². The van der Waals surface area contributed by atoms with Crippen molar-refractivity contribution in [3.8, 4) is 0 Å². The maximum absolute atomic E-state index is 12.0. The molecule has 3 N–H and O–H groups in total. The van der Waals surface area contributed by atoms with Crippen LogP contribution in [0.4, 0.5) is 4.79 Å². The molecule has 0 aromatic heterocycles. The van der Waals surface area contributed by atoms with E-state index in [0.717, 1.165) is 32.3 Å². The number of carbonyl (C=O) groups excluding carboxylic acids is 1. The van der Waals surface area contributed by atoms with Gasteiger partial charge >= 0.3 is 6.09 Å². The molecule has 0 aromatic carbocycles. The van der Waals surface area contributed by atoms with Crippen LogP contribution in [0.25, 0.3) is 0 Å². The van der Waals surface area contributed by atoms with E-state index in [1.807, 2.05) is 6.92 Å². The Bertz CT molecular complexity index is 454. The fourth-order valence-electron chi connectivity index (χ4n) is 2.84. The molecule has 0 aromatic rings. The number of hydrogen-bond acceptors (Lipinski definition) is 6. The molecule has 7 heteroatoms. The Kier molecular flexibility index (Phi) is 10.9. The van der Waals surface area contributed by atoms with Crippen molar-refractivity contribution in [3.63, 3.8) is 0 Å². The lowest BCUT2D eigenvalue weighted by Crippen LogP contribution is -2.45. The molecule has 0 saturated carbocycles. The van der Waals surface area contributed by atoms with Gasteiger partial charge in [0.1, 0.15) is 5.60 Å². The first-order valence-electron chi connectivity index (χ1n) is 9.96. The van der Waals surface area contributed by atoms with Gasteiger partial charge in [-0.05, 0) is 58.4 Å². The van der Waals surface area contributed by atoms with Gasteiger partial charge in [-0.25, -0.2) is 4.79 Å². The molecule has 158 valence electrons. The number of aliphatic hydroxyl groups is 2. The Labute approximate surface area is 163 Å². The number of nitrogens with one attached hydrogen (secondary N) is 1. The highest BCUT2D eigenvalue weighted by Gasteiger charge is 2.23. The van der Waals surface area contributed by atoms with Crippen molar-refractivity contribution in [2.75, 3.05) is 19.8 Å². The van der Waals surface area contributed by atoms with Crippen molar-refractivity contribution in [1.82, 2.24) is 5.32 Å². The zero-order valence-corrected chi connectivity index (χ0v) is 17.2. The van der Waals surface area contributed by atoms with E-state index in [2.05, 4.69) is 5.32 Å². The Morgan fingerprint density at radius 2 is 2.11 bits per heavy atom. The first-order chi connectivity index (χ1) is 12.7. The van der Waals surface area contributed by atoms with Gasteiger partial charge in [-0.15, -0.1) is 0 Å². The number of alkyl carbamates (subject to hydrolysis) is 1. The average molecular weight is 388 g/mol. The van der Waals surface area contributed by atoms with Crippen molar-refractivity contribution in [2.45, 2.75) is 90.3 Å². The minimum absolute atomic E-state index is 0.169. The summed E-state index contributed by atoms with van der Waals surface area (Å²) in [6.45, 7) is 8.32. The summed E-state index contributed by atoms with van der Waals surface area (Å²) in [5.74, 6) is 0. The molecule has 1 heterocycles. The lowest BCUT2D eigenvalue weighted by molar-refractivity contribution is -0.161. The SMILES string of the molecule is CCC[C@H](NC(=O)OC(C)(C)C)[C@@H](O)/C=C(/CO)CCOC1CCCCO1. The van der Waals surface area contributed by atoms with Gasteiger partial charge in [0.25, 0.3) is 0 Å². The molecule has 0 aliphatic carbocycles. The highest BCUT2D eigenvalue weighted by atomic mass is 16.7. The molecular weight excluding hydrogens is 350 g/mol. The average Bonchev–Trinajstić information content (AvgIpc) is 2.59. The topological polar surface area (TPSA) is 97.3 Å². The monoisotopic (exact) mass is 387 g/mol. The summed E-state index contributed by atoms with van der Waals surface area (Å²) in [7, 11) is 0. The first-order valence-corrected chi connectivity index (χ1v) is 9.96. The number of rotatable bonds is 10. The lowest BCUT2D eigenvalue weighted by Gasteiger charge is -2.26. The van der Waals surface area contributed by atoms with Crippen LogP contribution in [0.1, 0.15) is 66.2 Å². The largest absolute Gasteiger partial charge is 0.444 e. The quantitative estimate of drug-likeness (QED) is 0.499. The van der Waals surface area contributed by atoms with Crippen LogP contribution in [0, 0.1) is 0 Å². The third-order valence-electron chi connectivity index (χ3n) is 4.19. The van der Waals surface area contributed by atoms with E-state index in [4.69, 9.17) is 14.2 Å². The van der Waals surface area contributed by atoms with E-state index in [0.29, 0.717) is 25.0 Å². The molecular formula is C20H37NO6. The van der Waals surface area contributed by atoms with Gasteiger partial charge in [-0.2, -0.15) is 0 Å². The van der Waals surface area contributed by atoms with Gasteiger partial charge < -0.3 is 29.7 Å². The van der Waals surface area contributed by atoms with Crippen molar-refractivity contribution < 1.29 is 29.2 Å². The summed E-state index contributed by atoms with van der Waals surface area (Å²) in [5, 5.41) is 22.8. The maximum Gasteiger partial charge on any atom is 0.407 e. The van der Waals surface area contributed by atoms with Crippen molar-refractivity contribution in [2.24, 2.45) is 0 Å². The normalized spacial score (nSPS) is 20.8. The fraction of sp³-hybridized carbons (Fsp3) is 0.850. The second-order valence-corrected chi connectivity index (χ2v) is 7.93. The molecule has 1 aliphatic rings. The number of carbonyl (C=O) groups is 1. The Hall–Kier alpha value is -1.15. The summed E-state index contributed by atoms with van der Waals surface area (Å²) >= 11 is 0. The second-order valence-electron chi connectivity index (χ2n) is 7.93.